The fourth-order valence-electron chi connectivity index (χ4n) is 3.20. The van der Waals surface area contributed by atoms with Crippen LogP contribution in [0.25, 0.3) is 0 Å². The molecule has 0 rings (SSSR count). The van der Waals surface area contributed by atoms with Gasteiger partial charge < -0.3 is 0 Å². The van der Waals surface area contributed by atoms with Gasteiger partial charge in [-0.1, -0.05) is 73.5 Å². The van der Waals surface area contributed by atoms with Gasteiger partial charge in [0.25, 0.3) is 0 Å². The molecule has 0 aromatic heterocycles. The monoisotopic (exact) mass is 252 g/mol. The Morgan fingerprint density at radius 3 is 1.50 bits per heavy atom. The van der Waals surface area contributed by atoms with E-state index in [1.54, 1.807) is 0 Å². The molecule has 0 radical (unpaired) electrons. The standard InChI is InChI=1S/C17H37B/c1-11(2)9-10-16(12(3)4)14(7)15(8)17(18)13(5)6/h11-17H,9-10,18H2,1-8H3. The molecule has 0 bridgehead atoms. The molecule has 0 fully saturated rings. The highest BCUT2D eigenvalue weighted by Crippen LogP contribution is 2.38. The molecule has 0 aromatic carbocycles. The maximum absolute atomic E-state index is 2.49. The van der Waals surface area contributed by atoms with Gasteiger partial charge in [-0.15, -0.1) is 0 Å². The molecule has 4 unspecified atom stereocenters. The summed E-state index contributed by atoms with van der Waals surface area (Å²) in [4.78, 5) is 0. The van der Waals surface area contributed by atoms with E-state index in [1.165, 1.54) is 12.8 Å². The van der Waals surface area contributed by atoms with Gasteiger partial charge in [0.1, 0.15) is 7.85 Å². The summed E-state index contributed by atoms with van der Waals surface area (Å²) in [6.45, 7) is 19.2. The van der Waals surface area contributed by atoms with Crippen LogP contribution in [0.4, 0.5) is 0 Å². The van der Waals surface area contributed by atoms with Gasteiger partial charge in [0, 0.05) is 0 Å². The summed E-state index contributed by atoms with van der Waals surface area (Å²) < 4.78 is 0. The fourth-order valence-corrected chi connectivity index (χ4v) is 3.20. The predicted octanol–water partition coefficient (Wildman–Crippen LogP) is 5.04. The minimum Gasteiger partial charge on any atom is -0.0647 e. The van der Waals surface area contributed by atoms with E-state index in [2.05, 4.69) is 63.2 Å². The lowest BCUT2D eigenvalue weighted by Gasteiger charge is -2.37. The highest BCUT2D eigenvalue weighted by atomic mass is 14.3. The summed E-state index contributed by atoms with van der Waals surface area (Å²) in [7, 11) is 2.44. The third-order valence-corrected chi connectivity index (χ3v) is 5.32. The van der Waals surface area contributed by atoms with Crippen molar-refractivity contribution in [2.45, 2.75) is 74.0 Å². The molecule has 0 aliphatic rings. The van der Waals surface area contributed by atoms with E-state index in [0.717, 1.165) is 41.3 Å². The molecule has 0 aliphatic heterocycles. The Kier molecular flexibility index (Phi) is 8.31. The Morgan fingerprint density at radius 2 is 1.17 bits per heavy atom. The molecule has 18 heavy (non-hydrogen) atoms. The molecule has 0 aromatic rings. The molecule has 0 saturated heterocycles. The van der Waals surface area contributed by atoms with Gasteiger partial charge in [-0.2, -0.15) is 0 Å². The van der Waals surface area contributed by atoms with Crippen molar-refractivity contribution in [1.82, 2.24) is 0 Å². The molecule has 0 saturated carbocycles. The van der Waals surface area contributed by atoms with Crippen molar-refractivity contribution in [3.63, 3.8) is 0 Å². The molecule has 0 aliphatic carbocycles. The zero-order chi connectivity index (χ0) is 14.5. The molecule has 0 N–H and O–H groups in total. The summed E-state index contributed by atoms with van der Waals surface area (Å²) in [5.74, 6) is 5.88. The van der Waals surface area contributed by atoms with E-state index >= 15 is 0 Å². The normalized spacial score (nSPS) is 19.3. The molecule has 0 amide bonds. The molecular formula is C17H37B. The van der Waals surface area contributed by atoms with Gasteiger partial charge in [-0.05, 0) is 36.0 Å². The second-order valence-corrected chi connectivity index (χ2v) is 7.70. The van der Waals surface area contributed by atoms with Gasteiger partial charge >= 0.3 is 0 Å². The lowest BCUT2D eigenvalue weighted by molar-refractivity contribution is 0.168. The number of hydrogen-bond donors (Lipinski definition) is 0. The van der Waals surface area contributed by atoms with Crippen molar-refractivity contribution in [1.29, 1.82) is 0 Å². The number of rotatable bonds is 8. The van der Waals surface area contributed by atoms with Gasteiger partial charge in [-0.25, -0.2) is 0 Å². The highest BCUT2D eigenvalue weighted by molar-refractivity contribution is 6.12. The third-order valence-electron chi connectivity index (χ3n) is 5.32. The Hall–Kier alpha value is 0.0649. The maximum Gasteiger partial charge on any atom is 0.106 e. The first-order valence-electron chi connectivity index (χ1n) is 8.18. The van der Waals surface area contributed by atoms with Gasteiger partial charge in [0.05, 0.1) is 0 Å². The predicted molar refractivity (Wildman–Crippen MR) is 87.9 cm³/mol. The second-order valence-electron chi connectivity index (χ2n) is 7.70. The van der Waals surface area contributed by atoms with Crippen molar-refractivity contribution in [3.8, 4) is 0 Å². The van der Waals surface area contributed by atoms with Crippen LogP contribution in [0.2, 0.25) is 5.82 Å². The molecule has 4 atom stereocenters. The second kappa shape index (κ2) is 8.28. The van der Waals surface area contributed by atoms with Crippen molar-refractivity contribution < 1.29 is 0 Å². The van der Waals surface area contributed by atoms with Crippen LogP contribution in [0.3, 0.4) is 0 Å². The van der Waals surface area contributed by atoms with Crippen LogP contribution >= 0.6 is 0 Å². The molecule has 0 heterocycles. The summed E-state index contributed by atoms with van der Waals surface area (Å²) >= 11 is 0. The average Bonchev–Trinajstić information content (AvgIpc) is 2.25. The Bertz CT molecular complexity index is 208. The quantitative estimate of drug-likeness (QED) is 0.530. The Morgan fingerprint density at radius 1 is 0.667 bits per heavy atom. The van der Waals surface area contributed by atoms with E-state index in [-0.39, 0.29) is 0 Å². The van der Waals surface area contributed by atoms with E-state index in [1.807, 2.05) is 0 Å². The van der Waals surface area contributed by atoms with Crippen molar-refractivity contribution in [3.05, 3.63) is 0 Å². The number of hydrogen-bond acceptors (Lipinski definition) is 0. The van der Waals surface area contributed by atoms with E-state index < -0.39 is 0 Å². The lowest BCUT2D eigenvalue weighted by atomic mass is 9.62. The van der Waals surface area contributed by atoms with Crippen molar-refractivity contribution in [2.75, 3.05) is 0 Å². The molecular weight excluding hydrogens is 215 g/mol. The van der Waals surface area contributed by atoms with Crippen molar-refractivity contribution in [2.24, 2.45) is 35.5 Å². The maximum atomic E-state index is 2.49. The average molecular weight is 252 g/mol. The van der Waals surface area contributed by atoms with Gasteiger partial charge in [0.2, 0.25) is 0 Å². The van der Waals surface area contributed by atoms with E-state index in [4.69, 9.17) is 0 Å². The summed E-state index contributed by atoms with van der Waals surface area (Å²) in [5, 5.41) is 0. The van der Waals surface area contributed by atoms with Crippen molar-refractivity contribution >= 4 is 7.85 Å². The summed E-state index contributed by atoms with van der Waals surface area (Å²) in [5.41, 5.74) is 0. The Labute approximate surface area is 118 Å². The first kappa shape index (κ1) is 18.1. The van der Waals surface area contributed by atoms with Crippen LogP contribution in [0, 0.1) is 35.5 Å². The smallest absolute Gasteiger partial charge is 0.0647 e. The van der Waals surface area contributed by atoms with Crippen LogP contribution in [0.15, 0.2) is 0 Å². The van der Waals surface area contributed by atoms with Gasteiger partial charge in [0.15, 0.2) is 0 Å². The van der Waals surface area contributed by atoms with Crippen LogP contribution < -0.4 is 0 Å². The van der Waals surface area contributed by atoms with Crippen LogP contribution in [-0.2, 0) is 0 Å². The Balaban J connectivity index is 4.59. The van der Waals surface area contributed by atoms with Crippen LogP contribution in [0.5, 0.6) is 0 Å². The first-order chi connectivity index (χ1) is 8.18. The molecule has 0 nitrogen and oxygen atoms in total. The molecule has 108 valence electrons. The van der Waals surface area contributed by atoms with E-state index in [9.17, 15) is 0 Å². The van der Waals surface area contributed by atoms with Gasteiger partial charge in [-0.3, -0.25) is 0 Å². The SMILES string of the molecule is BC(C(C)C)C(C)C(C)C(CCC(C)C)C(C)C. The zero-order valence-electron chi connectivity index (χ0n) is 14.5. The largest absolute Gasteiger partial charge is 0.106 e. The summed E-state index contributed by atoms with van der Waals surface area (Å²) in [6, 6.07) is 0. The summed E-state index contributed by atoms with van der Waals surface area (Å²) in [6.07, 6.45) is 2.79. The molecule has 0 spiro atoms. The topological polar surface area (TPSA) is 0 Å². The molecule has 1 heteroatoms. The van der Waals surface area contributed by atoms with Crippen LogP contribution in [-0.4, -0.2) is 7.85 Å². The van der Waals surface area contributed by atoms with E-state index in [0.29, 0.717) is 0 Å². The highest BCUT2D eigenvalue weighted by Gasteiger charge is 2.29. The fraction of sp³-hybridized carbons (Fsp3) is 1.00. The van der Waals surface area contributed by atoms with Crippen LogP contribution in [0.1, 0.15) is 68.2 Å². The minimum absolute atomic E-state index is 0.806. The minimum atomic E-state index is 0.806. The lowest BCUT2D eigenvalue weighted by Crippen LogP contribution is -2.28. The zero-order valence-corrected chi connectivity index (χ0v) is 14.5. The third kappa shape index (κ3) is 5.80. The first-order valence-corrected chi connectivity index (χ1v) is 8.18.